The van der Waals surface area contributed by atoms with Crippen LogP contribution in [-0.2, 0) is 14.3 Å². The van der Waals surface area contributed by atoms with E-state index >= 15 is 0 Å². The summed E-state index contributed by atoms with van der Waals surface area (Å²) in [5, 5.41) is 2.86. The van der Waals surface area contributed by atoms with Gasteiger partial charge in [0.25, 0.3) is 5.91 Å². The number of carbonyl (C=O) groups excluding carboxylic acids is 3. The molecule has 1 amide bonds. The topological polar surface area (TPSA) is 84.8 Å². The normalized spacial score (nSPS) is 18.9. The highest BCUT2D eigenvalue weighted by Gasteiger charge is 2.26. The minimum atomic E-state index is -0.559. The van der Waals surface area contributed by atoms with E-state index in [0.717, 1.165) is 11.4 Å². The molecule has 1 aromatic rings. The highest BCUT2D eigenvalue weighted by molar-refractivity contribution is 6.11. The van der Waals surface area contributed by atoms with Gasteiger partial charge in [-0.3, -0.25) is 14.6 Å². The van der Waals surface area contributed by atoms with Gasteiger partial charge in [-0.05, 0) is 63.8 Å². The number of Topliss-reactive ketones (excluding diaryl/α,β-unsaturated/α-hetero) is 1. The molecule has 0 spiro atoms. The number of hydrogen-bond donors (Lipinski definition) is 1. The van der Waals surface area contributed by atoms with E-state index in [4.69, 9.17) is 4.74 Å². The van der Waals surface area contributed by atoms with Crippen LogP contribution in [0.25, 0.3) is 0 Å². The molecule has 0 aliphatic heterocycles. The fourth-order valence-electron chi connectivity index (χ4n) is 3.10. The fraction of sp³-hybridized carbons (Fsp3) is 0.500. The molecule has 1 aliphatic rings. The van der Waals surface area contributed by atoms with Crippen molar-refractivity contribution in [2.24, 2.45) is 16.8 Å². The average molecular weight is 413 g/mol. The molecular weight excluding hydrogens is 380 g/mol. The van der Waals surface area contributed by atoms with Crippen molar-refractivity contribution in [1.29, 1.82) is 0 Å². The van der Waals surface area contributed by atoms with E-state index in [9.17, 15) is 14.4 Å². The first-order valence-electron chi connectivity index (χ1n) is 10.4. The number of carbonyl (C=O) groups is 3. The van der Waals surface area contributed by atoms with Crippen LogP contribution in [0.2, 0.25) is 0 Å². The number of aliphatic imine (C=N–C) groups is 1. The largest absolute Gasteiger partial charge is 0.457 e. The number of rotatable bonds is 7. The molecule has 1 aliphatic carbocycles. The van der Waals surface area contributed by atoms with Crippen LogP contribution in [0.3, 0.4) is 0 Å². The first-order chi connectivity index (χ1) is 14.0. The van der Waals surface area contributed by atoms with Crippen molar-refractivity contribution in [3.05, 3.63) is 42.0 Å². The maximum atomic E-state index is 12.4. The second kappa shape index (κ2) is 9.83. The Morgan fingerprint density at radius 3 is 2.40 bits per heavy atom. The minimum Gasteiger partial charge on any atom is -0.457 e. The zero-order valence-corrected chi connectivity index (χ0v) is 18.6. The summed E-state index contributed by atoms with van der Waals surface area (Å²) in [4.78, 5) is 40.6. The Morgan fingerprint density at radius 1 is 1.23 bits per heavy atom. The lowest BCUT2D eigenvalue weighted by Crippen LogP contribution is -2.28. The number of hydrogen-bond acceptors (Lipinski definition) is 5. The summed E-state index contributed by atoms with van der Waals surface area (Å²) in [6.07, 6.45) is 1.84. The van der Waals surface area contributed by atoms with Gasteiger partial charge < -0.3 is 10.1 Å². The molecule has 0 saturated heterocycles. The molecule has 0 heterocycles. The third-order valence-corrected chi connectivity index (χ3v) is 5.13. The highest BCUT2D eigenvalue weighted by Crippen LogP contribution is 2.23. The van der Waals surface area contributed by atoms with E-state index in [0.29, 0.717) is 36.9 Å². The number of ether oxygens (including phenoxy) is 1. The predicted octanol–water partition coefficient (Wildman–Crippen LogP) is 4.41. The van der Waals surface area contributed by atoms with Gasteiger partial charge in [0.15, 0.2) is 0 Å². The van der Waals surface area contributed by atoms with Crippen LogP contribution in [0.15, 0.2) is 41.4 Å². The lowest BCUT2D eigenvalue weighted by Gasteiger charge is -2.22. The van der Waals surface area contributed by atoms with Crippen molar-refractivity contribution in [3.63, 3.8) is 0 Å². The van der Waals surface area contributed by atoms with E-state index in [-0.39, 0.29) is 23.5 Å². The standard InChI is InChI=1S/C24H32N2O4/c1-15(16(2)23(29)30-24(4,5)6)13-14-25-22(28)18-7-9-19(10-8-18)26-20-11-12-21(27)17(20)3/h7-10,15,17H,2,11-14H2,1,3-6H3,(H,25,28). The van der Waals surface area contributed by atoms with Gasteiger partial charge in [0, 0.05) is 29.8 Å². The van der Waals surface area contributed by atoms with Crippen LogP contribution in [0, 0.1) is 11.8 Å². The fourth-order valence-corrected chi connectivity index (χ4v) is 3.10. The Bertz CT molecular complexity index is 847. The molecule has 1 N–H and O–H groups in total. The summed E-state index contributed by atoms with van der Waals surface area (Å²) in [5.41, 5.74) is 2.02. The highest BCUT2D eigenvalue weighted by atomic mass is 16.6. The van der Waals surface area contributed by atoms with Crippen LogP contribution in [-0.4, -0.2) is 35.5 Å². The summed E-state index contributed by atoms with van der Waals surface area (Å²) in [5.74, 6) is -0.585. The molecule has 6 heteroatoms. The Kier molecular flexibility index (Phi) is 7.71. The van der Waals surface area contributed by atoms with Crippen molar-refractivity contribution >= 4 is 29.1 Å². The molecule has 2 atom stereocenters. The van der Waals surface area contributed by atoms with Crippen molar-refractivity contribution in [3.8, 4) is 0 Å². The number of nitrogens with one attached hydrogen (secondary N) is 1. The minimum absolute atomic E-state index is 0.102. The van der Waals surface area contributed by atoms with Crippen LogP contribution in [0.4, 0.5) is 5.69 Å². The third-order valence-electron chi connectivity index (χ3n) is 5.13. The van der Waals surface area contributed by atoms with Gasteiger partial charge in [-0.25, -0.2) is 4.79 Å². The molecule has 162 valence electrons. The summed E-state index contributed by atoms with van der Waals surface area (Å²) in [6, 6.07) is 7.01. The summed E-state index contributed by atoms with van der Waals surface area (Å²) in [6.45, 7) is 13.5. The molecule has 0 aromatic heterocycles. The Morgan fingerprint density at radius 2 is 1.87 bits per heavy atom. The number of esters is 1. The lowest BCUT2D eigenvalue weighted by molar-refractivity contribution is -0.150. The summed E-state index contributed by atoms with van der Waals surface area (Å²) < 4.78 is 5.33. The van der Waals surface area contributed by atoms with Crippen molar-refractivity contribution in [2.45, 2.75) is 59.5 Å². The number of nitrogens with zero attached hydrogens (tertiary/aromatic N) is 1. The van der Waals surface area contributed by atoms with E-state index < -0.39 is 11.6 Å². The predicted molar refractivity (Wildman–Crippen MR) is 118 cm³/mol. The quantitative estimate of drug-likeness (QED) is 0.531. The SMILES string of the molecule is C=C(C(=O)OC(C)(C)C)C(C)CCNC(=O)c1ccc(N=C2CCC(=O)C2C)cc1. The maximum absolute atomic E-state index is 12.4. The van der Waals surface area contributed by atoms with Gasteiger partial charge in [0.1, 0.15) is 11.4 Å². The van der Waals surface area contributed by atoms with Gasteiger partial charge in [-0.15, -0.1) is 0 Å². The zero-order valence-electron chi connectivity index (χ0n) is 18.6. The molecule has 1 saturated carbocycles. The van der Waals surface area contributed by atoms with Crippen LogP contribution >= 0.6 is 0 Å². The Hall–Kier alpha value is -2.76. The molecule has 0 radical (unpaired) electrons. The van der Waals surface area contributed by atoms with Gasteiger partial charge in [0.2, 0.25) is 0 Å². The molecule has 2 unspecified atom stereocenters. The third kappa shape index (κ3) is 6.65. The molecule has 1 fully saturated rings. The smallest absolute Gasteiger partial charge is 0.334 e. The van der Waals surface area contributed by atoms with E-state index in [2.05, 4.69) is 16.9 Å². The first-order valence-corrected chi connectivity index (χ1v) is 10.4. The summed E-state index contributed by atoms with van der Waals surface area (Å²) in [7, 11) is 0. The number of ketones is 1. The molecule has 2 rings (SSSR count). The molecule has 30 heavy (non-hydrogen) atoms. The second-order valence-electron chi connectivity index (χ2n) is 8.81. The van der Waals surface area contributed by atoms with Crippen LogP contribution in [0.5, 0.6) is 0 Å². The molecule has 6 nitrogen and oxygen atoms in total. The zero-order chi connectivity index (χ0) is 22.5. The second-order valence-corrected chi connectivity index (χ2v) is 8.81. The number of amides is 1. The van der Waals surface area contributed by atoms with Gasteiger partial charge >= 0.3 is 5.97 Å². The Balaban J connectivity index is 1.84. The van der Waals surface area contributed by atoms with Crippen molar-refractivity contribution < 1.29 is 19.1 Å². The maximum Gasteiger partial charge on any atom is 0.334 e. The first kappa shape index (κ1) is 23.5. The lowest BCUT2D eigenvalue weighted by atomic mass is 9.99. The average Bonchev–Trinajstić information content (AvgIpc) is 2.98. The number of benzene rings is 1. The van der Waals surface area contributed by atoms with E-state index in [1.165, 1.54) is 0 Å². The summed E-state index contributed by atoms with van der Waals surface area (Å²) >= 11 is 0. The van der Waals surface area contributed by atoms with Gasteiger partial charge in [-0.1, -0.05) is 20.4 Å². The van der Waals surface area contributed by atoms with E-state index in [1.54, 1.807) is 24.3 Å². The van der Waals surface area contributed by atoms with E-state index in [1.807, 2.05) is 34.6 Å². The van der Waals surface area contributed by atoms with Gasteiger partial charge in [0.05, 0.1) is 11.6 Å². The van der Waals surface area contributed by atoms with Crippen molar-refractivity contribution in [1.82, 2.24) is 5.32 Å². The van der Waals surface area contributed by atoms with Crippen molar-refractivity contribution in [2.75, 3.05) is 6.54 Å². The molecule has 0 bridgehead atoms. The Labute approximate surface area is 178 Å². The van der Waals surface area contributed by atoms with Crippen LogP contribution in [0.1, 0.15) is 64.2 Å². The monoisotopic (exact) mass is 412 g/mol. The molecular formula is C24H32N2O4. The van der Waals surface area contributed by atoms with Crippen LogP contribution < -0.4 is 5.32 Å². The van der Waals surface area contributed by atoms with Gasteiger partial charge in [-0.2, -0.15) is 0 Å². The molecule has 1 aromatic carbocycles.